The van der Waals surface area contributed by atoms with Gasteiger partial charge >= 0.3 is 17.9 Å². The van der Waals surface area contributed by atoms with Crippen molar-refractivity contribution in [2.75, 3.05) is 41.0 Å². The number of quaternary nitrogens is 1. The van der Waals surface area contributed by atoms with E-state index in [1.54, 1.807) is 0 Å². The second kappa shape index (κ2) is 43.1. The van der Waals surface area contributed by atoms with Gasteiger partial charge in [0.25, 0.3) is 0 Å². The molecule has 0 saturated carbocycles. The quantitative estimate of drug-likeness (QED) is 0.0284. The van der Waals surface area contributed by atoms with Crippen LogP contribution < -0.4 is 0 Å². The molecule has 0 aromatic carbocycles. The highest BCUT2D eigenvalue weighted by Gasteiger charge is 2.31. The van der Waals surface area contributed by atoms with Crippen molar-refractivity contribution in [1.29, 1.82) is 0 Å². The third kappa shape index (κ3) is 40.9. The molecule has 346 valence electrons. The summed E-state index contributed by atoms with van der Waals surface area (Å²) in [6.07, 6.45) is 62.3. The maximum Gasteiger partial charge on any atom is 0.362 e. The molecule has 62 heavy (non-hydrogen) atoms. The topological polar surface area (TPSA) is 99.1 Å². The molecule has 0 bridgehead atoms. The molecule has 2 unspecified atom stereocenters. The maximum atomic E-state index is 12.7. The van der Waals surface area contributed by atoms with E-state index in [2.05, 4.69) is 135 Å². The lowest BCUT2D eigenvalue weighted by atomic mass is 10.1. The first-order chi connectivity index (χ1) is 30.1. The first-order valence-electron chi connectivity index (χ1n) is 23.2. The number of carbonyl (C=O) groups excluding carboxylic acids is 2. The first-order valence-corrected chi connectivity index (χ1v) is 23.2. The fraction of sp³-hybridized carbons (Fsp3) is 0.537. The minimum Gasteiger partial charge on any atom is -0.477 e. The molecule has 0 aliphatic carbocycles. The summed E-state index contributed by atoms with van der Waals surface area (Å²) < 4.78 is 17.2. The van der Waals surface area contributed by atoms with E-state index in [4.69, 9.17) is 14.2 Å². The molecule has 0 saturated heterocycles. The molecule has 0 aliphatic heterocycles. The van der Waals surface area contributed by atoms with Gasteiger partial charge in [0.15, 0.2) is 12.1 Å². The van der Waals surface area contributed by atoms with Gasteiger partial charge in [-0.2, -0.15) is 0 Å². The van der Waals surface area contributed by atoms with Crippen molar-refractivity contribution in [1.82, 2.24) is 0 Å². The smallest absolute Gasteiger partial charge is 0.362 e. The van der Waals surface area contributed by atoms with Gasteiger partial charge in [-0.3, -0.25) is 9.59 Å². The van der Waals surface area contributed by atoms with Crippen molar-refractivity contribution in [2.45, 2.75) is 148 Å². The fourth-order valence-electron chi connectivity index (χ4n) is 5.79. The molecule has 0 aliphatic rings. The van der Waals surface area contributed by atoms with Crippen LogP contribution in [0, 0.1) is 0 Å². The number of likely N-dealkylation sites (N-methyl/N-ethyl adjacent to an activating group) is 1. The Labute approximate surface area is 377 Å². The van der Waals surface area contributed by atoms with Crippen molar-refractivity contribution in [3.05, 3.63) is 134 Å². The molecule has 0 rings (SSSR count). The highest BCUT2D eigenvalue weighted by atomic mass is 16.6. The molecular weight excluding hydrogens is 775 g/mol. The van der Waals surface area contributed by atoms with E-state index in [0.29, 0.717) is 19.3 Å². The highest BCUT2D eigenvalue weighted by molar-refractivity contribution is 5.72. The summed E-state index contributed by atoms with van der Waals surface area (Å²) in [6, 6.07) is -0.642. The number of esters is 2. The Balaban J connectivity index is 4.50. The zero-order valence-electron chi connectivity index (χ0n) is 39.3. The predicted octanol–water partition coefficient (Wildman–Crippen LogP) is 13.2. The van der Waals surface area contributed by atoms with Crippen LogP contribution in [0.3, 0.4) is 0 Å². The Bertz CT molecular complexity index is 1470. The number of unbranched alkanes of at least 4 members (excludes halogenated alkanes) is 3. The Morgan fingerprint density at radius 3 is 1.29 bits per heavy atom. The maximum absolute atomic E-state index is 12.7. The third-order valence-corrected chi connectivity index (χ3v) is 9.31. The van der Waals surface area contributed by atoms with Gasteiger partial charge in [-0.1, -0.05) is 154 Å². The van der Waals surface area contributed by atoms with Crippen LogP contribution in [0.4, 0.5) is 0 Å². The van der Waals surface area contributed by atoms with E-state index < -0.39 is 24.1 Å². The zero-order chi connectivity index (χ0) is 45.6. The van der Waals surface area contributed by atoms with Crippen molar-refractivity contribution >= 4 is 17.9 Å². The fourth-order valence-corrected chi connectivity index (χ4v) is 5.79. The first kappa shape index (κ1) is 57.5. The molecule has 0 aromatic rings. The molecule has 2 atom stereocenters. The lowest BCUT2D eigenvalue weighted by Gasteiger charge is -2.31. The molecule has 0 spiro atoms. The number of hydrogen-bond acceptors (Lipinski definition) is 6. The largest absolute Gasteiger partial charge is 0.477 e. The molecule has 0 amide bonds. The van der Waals surface area contributed by atoms with Gasteiger partial charge in [-0.15, -0.1) is 0 Å². The summed E-state index contributed by atoms with van der Waals surface area (Å²) in [4.78, 5) is 37.0. The Morgan fingerprint density at radius 1 is 0.484 bits per heavy atom. The van der Waals surface area contributed by atoms with E-state index in [9.17, 15) is 19.5 Å². The monoisotopic (exact) mass is 859 g/mol. The summed E-state index contributed by atoms with van der Waals surface area (Å²) in [7, 11) is 5.47. The van der Waals surface area contributed by atoms with Gasteiger partial charge in [0.2, 0.25) is 0 Å². The van der Waals surface area contributed by atoms with Crippen molar-refractivity contribution < 1.29 is 38.2 Å². The molecular formula is C54H84NO7+. The van der Waals surface area contributed by atoms with Gasteiger partial charge < -0.3 is 23.8 Å². The molecule has 0 aromatic heterocycles. The molecule has 8 heteroatoms. The van der Waals surface area contributed by atoms with Crippen LogP contribution in [0.1, 0.15) is 136 Å². The predicted molar refractivity (Wildman–Crippen MR) is 261 cm³/mol. The highest BCUT2D eigenvalue weighted by Crippen LogP contribution is 2.11. The lowest BCUT2D eigenvalue weighted by Crippen LogP contribution is -2.50. The number of rotatable bonds is 39. The van der Waals surface area contributed by atoms with E-state index in [-0.39, 0.29) is 36.7 Å². The van der Waals surface area contributed by atoms with Crippen LogP contribution in [0.15, 0.2) is 134 Å². The summed E-state index contributed by atoms with van der Waals surface area (Å²) in [5, 5.41) is 9.63. The zero-order valence-corrected chi connectivity index (χ0v) is 39.3. The summed E-state index contributed by atoms with van der Waals surface area (Å²) in [5.74, 6) is -1.64. The number of ether oxygens (including phenoxy) is 3. The van der Waals surface area contributed by atoms with Crippen LogP contribution >= 0.6 is 0 Å². The van der Waals surface area contributed by atoms with Crippen LogP contribution in [-0.2, 0) is 28.6 Å². The van der Waals surface area contributed by atoms with Gasteiger partial charge in [0.05, 0.1) is 34.4 Å². The summed E-state index contributed by atoms with van der Waals surface area (Å²) in [6.45, 7) is 4.36. The van der Waals surface area contributed by atoms with Crippen LogP contribution in [-0.4, -0.2) is 80.6 Å². The van der Waals surface area contributed by atoms with Gasteiger partial charge in [-0.25, -0.2) is 4.79 Å². The Kier molecular flexibility index (Phi) is 40.0. The number of carbonyl (C=O) groups is 3. The van der Waals surface area contributed by atoms with Gasteiger partial charge in [-0.05, 0) is 96.3 Å². The van der Waals surface area contributed by atoms with E-state index in [1.165, 1.54) is 0 Å². The minimum atomic E-state index is -0.898. The van der Waals surface area contributed by atoms with Crippen molar-refractivity contribution in [3.8, 4) is 0 Å². The number of carboxylic acid groups (broad SMARTS) is 1. The average Bonchev–Trinajstić information content (AvgIpc) is 3.23. The van der Waals surface area contributed by atoms with Gasteiger partial charge in [0, 0.05) is 19.3 Å². The normalized spacial score (nSPS) is 14.1. The number of allylic oxidation sites excluding steroid dienone is 22. The second-order valence-electron chi connectivity index (χ2n) is 15.9. The minimum absolute atomic E-state index is 0.0100. The lowest BCUT2D eigenvalue weighted by molar-refractivity contribution is -0.887. The van der Waals surface area contributed by atoms with Crippen molar-refractivity contribution in [3.63, 3.8) is 0 Å². The second-order valence-corrected chi connectivity index (χ2v) is 15.9. The van der Waals surface area contributed by atoms with E-state index in [0.717, 1.165) is 96.3 Å². The summed E-state index contributed by atoms with van der Waals surface area (Å²) >= 11 is 0. The molecule has 0 radical (unpaired) electrons. The Hall–Kier alpha value is -4.53. The molecule has 0 heterocycles. The van der Waals surface area contributed by atoms with Crippen molar-refractivity contribution in [2.24, 2.45) is 0 Å². The number of carboxylic acids is 1. The van der Waals surface area contributed by atoms with Crippen LogP contribution in [0.5, 0.6) is 0 Å². The number of aliphatic carboxylic acids is 1. The summed E-state index contributed by atoms with van der Waals surface area (Å²) in [5.41, 5.74) is 0. The number of nitrogens with zero attached hydrogens (tertiary/aromatic N) is 1. The standard InChI is InChI=1S/C54H83NO7/c1-6-8-10-12-14-16-18-20-22-24-25-26-27-28-29-31-32-34-36-38-40-42-44-52(56)61-49-50(48-60-47-46-51(54(58)59)55(3,4)5)62-53(57)45-43-41-39-37-35-33-30-23-21-19-17-15-13-11-9-7-2/h8-11,14-17,20-23,25-26,28-29,32-35,39,41,50-51H,6-7,12-13,18-19,24,27,30-31,36-38,40,42-49H2,1-5H3/p+1/b10-8+,11-9+,16-14+,17-15+,22-20+,23-21+,26-25+,29-28+,34-32+,35-33+,41-39+. The number of hydrogen-bond donors (Lipinski definition) is 1. The van der Waals surface area contributed by atoms with Crippen LogP contribution in [0.2, 0.25) is 0 Å². The SMILES string of the molecule is CC/C=C/C/C=C/C/C=C/C/C=C/C/C=C/C/C=C/CCCCCC(=O)OCC(COCCC(C(=O)O)[N+](C)(C)C)OC(=O)CC/C=C/C/C=C/C/C=C/C/C=C/C/C=C/CC. The molecule has 8 nitrogen and oxygen atoms in total. The molecule has 0 fully saturated rings. The molecule has 1 N–H and O–H groups in total. The van der Waals surface area contributed by atoms with Gasteiger partial charge in [0.1, 0.15) is 6.61 Å². The van der Waals surface area contributed by atoms with Crippen LogP contribution in [0.25, 0.3) is 0 Å². The Morgan fingerprint density at radius 2 is 0.887 bits per heavy atom. The average molecular weight is 859 g/mol. The van der Waals surface area contributed by atoms with E-state index >= 15 is 0 Å². The van der Waals surface area contributed by atoms with E-state index in [1.807, 2.05) is 33.3 Å². The third-order valence-electron chi connectivity index (χ3n) is 9.31.